The second-order valence-corrected chi connectivity index (χ2v) is 9.12. The Kier molecular flexibility index (Phi) is 7.01. The van der Waals surface area contributed by atoms with Crippen LogP contribution in [-0.4, -0.2) is 33.9 Å². The summed E-state index contributed by atoms with van der Waals surface area (Å²) in [5.41, 5.74) is 5.02. The number of fused-ring (bicyclic) bond motifs is 1. The highest BCUT2D eigenvalue weighted by atomic mass is 16.5. The predicted molar refractivity (Wildman–Crippen MR) is 130 cm³/mol. The molecule has 1 aromatic heterocycles. The minimum absolute atomic E-state index is 0.0254. The normalized spacial score (nSPS) is 15.1. The van der Waals surface area contributed by atoms with Crippen molar-refractivity contribution in [1.82, 2.24) is 9.78 Å². The molecule has 0 fully saturated rings. The summed E-state index contributed by atoms with van der Waals surface area (Å²) in [6.07, 6.45) is 6.00. The smallest absolute Gasteiger partial charge is 0.325 e. The van der Waals surface area contributed by atoms with Gasteiger partial charge in [0.1, 0.15) is 12.3 Å². The molecular formula is C27H31N3O4. The van der Waals surface area contributed by atoms with Gasteiger partial charge in [-0.25, -0.2) is 0 Å². The molecule has 1 heterocycles. The van der Waals surface area contributed by atoms with Gasteiger partial charge in [0.2, 0.25) is 5.91 Å². The Labute approximate surface area is 200 Å². The van der Waals surface area contributed by atoms with E-state index in [1.807, 2.05) is 24.3 Å². The number of amides is 1. The summed E-state index contributed by atoms with van der Waals surface area (Å²) in [6.45, 7) is 4.38. The molecule has 4 rings (SSSR count). The number of aryl methyl sites for hydroxylation is 1. The average molecular weight is 462 g/mol. The molecule has 3 aromatic rings. The Morgan fingerprint density at radius 1 is 1.21 bits per heavy atom. The van der Waals surface area contributed by atoms with E-state index in [2.05, 4.69) is 37.1 Å². The van der Waals surface area contributed by atoms with Crippen molar-refractivity contribution in [2.75, 3.05) is 12.0 Å². The molecule has 0 aliphatic heterocycles. The Bertz CT molecular complexity index is 1170. The summed E-state index contributed by atoms with van der Waals surface area (Å²) in [5.74, 6) is -0.0545. The van der Waals surface area contributed by atoms with E-state index in [1.54, 1.807) is 24.4 Å². The van der Waals surface area contributed by atoms with Crippen LogP contribution in [0.25, 0.3) is 0 Å². The zero-order valence-corrected chi connectivity index (χ0v) is 19.9. The van der Waals surface area contributed by atoms with Crippen LogP contribution in [0.3, 0.4) is 0 Å². The first kappa shape index (κ1) is 23.5. The summed E-state index contributed by atoms with van der Waals surface area (Å²) >= 11 is 0. The van der Waals surface area contributed by atoms with Gasteiger partial charge in [-0.2, -0.15) is 5.10 Å². The fourth-order valence-electron chi connectivity index (χ4n) is 4.58. The number of carboxylic acid groups (broad SMARTS) is 1. The van der Waals surface area contributed by atoms with Gasteiger partial charge in [-0.1, -0.05) is 32.0 Å². The van der Waals surface area contributed by atoms with Crippen LogP contribution in [0.15, 0.2) is 54.9 Å². The van der Waals surface area contributed by atoms with Crippen molar-refractivity contribution < 1.29 is 19.4 Å². The SMILES string of the molecule is COc1ccc2c(c1)C(C(=O)N(Cc1cnn(CC(=O)O)c1)c1ccc(C(C)C)cc1)CCC2. The van der Waals surface area contributed by atoms with Gasteiger partial charge in [-0.3, -0.25) is 14.3 Å². The summed E-state index contributed by atoms with van der Waals surface area (Å²) in [6, 6.07) is 14.1. The third-order valence-corrected chi connectivity index (χ3v) is 6.43. The highest BCUT2D eigenvalue weighted by molar-refractivity contribution is 5.98. The largest absolute Gasteiger partial charge is 0.497 e. The van der Waals surface area contributed by atoms with Crippen LogP contribution in [-0.2, 0) is 29.1 Å². The molecule has 7 nitrogen and oxygen atoms in total. The van der Waals surface area contributed by atoms with E-state index in [0.29, 0.717) is 12.5 Å². The van der Waals surface area contributed by atoms with Crippen LogP contribution in [0.2, 0.25) is 0 Å². The lowest BCUT2D eigenvalue weighted by Crippen LogP contribution is -2.36. The van der Waals surface area contributed by atoms with E-state index >= 15 is 0 Å². The number of rotatable bonds is 8. The number of benzene rings is 2. The number of aliphatic carboxylic acids is 1. The maximum absolute atomic E-state index is 14.0. The molecule has 1 atom stereocenters. The first-order valence-electron chi connectivity index (χ1n) is 11.7. The van der Waals surface area contributed by atoms with E-state index in [0.717, 1.165) is 41.8 Å². The Morgan fingerprint density at radius 3 is 2.65 bits per heavy atom. The van der Waals surface area contributed by atoms with Crippen LogP contribution in [0.1, 0.15) is 60.8 Å². The van der Waals surface area contributed by atoms with E-state index in [4.69, 9.17) is 9.84 Å². The highest BCUT2D eigenvalue weighted by Crippen LogP contribution is 2.37. The van der Waals surface area contributed by atoms with Crippen molar-refractivity contribution in [3.05, 3.63) is 77.1 Å². The van der Waals surface area contributed by atoms with Crippen LogP contribution in [0.5, 0.6) is 5.75 Å². The standard InChI is InChI=1S/C27H31N3O4/c1-18(2)20-7-10-22(11-8-20)30(16-19-14-28-29(15-19)17-26(31)32)27(33)24-6-4-5-21-9-12-23(34-3)13-25(21)24/h7-15,18,24H,4-6,16-17H2,1-3H3,(H,31,32). The maximum Gasteiger partial charge on any atom is 0.325 e. The van der Waals surface area contributed by atoms with Gasteiger partial charge in [-0.15, -0.1) is 0 Å². The van der Waals surface area contributed by atoms with Gasteiger partial charge < -0.3 is 14.7 Å². The van der Waals surface area contributed by atoms with Crippen LogP contribution in [0, 0.1) is 0 Å². The van der Waals surface area contributed by atoms with Gasteiger partial charge in [0.15, 0.2) is 0 Å². The number of carbonyl (C=O) groups excluding carboxylic acids is 1. The first-order chi connectivity index (χ1) is 16.4. The van der Waals surface area contributed by atoms with E-state index in [1.165, 1.54) is 15.8 Å². The fourth-order valence-corrected chi connectivity index (χ4v) is 4.58. The van der Waals surface area contributed by atoms with Gasteiger partial charge in [0.05, 0.1) is 25.8 Å². The summed E-state index contributed by atoms with van der Waals surface area (Å²) in [7, 11) is 1.64. The monoisotopic (exact) mass is 461 g/mol. The molecule has 34 heavy (non-hydrogen) atoms. The van der Waals surface area contributed by atoms with Crippen molar-refractivity contribution in [2.24, 2.45) is 0 Å². The summed E-state index contributed by atoms with van der Waals surface area (Å²) < 4.78 is 6.81. The molecule has 0 saturated heterocycles. The van der Waals surface area contributed by atoms with Gasteiger partial charge in [0.25, 0.3) is 0 Å². The summed E-state index contributed by atoms with van der Waals surface area (Å²) in [5, 5.41) is 13.2. The van der Waals surface area contributed by atoms with Gasteiger partial charge in [0, 0.05) is 17.4 Å². The minimum Gasteiger partial charge on any atom is -0.497 e. The Hall–Kier alpha value is -3.61. The molecule has 178 valence electrons. The van der Waals surface area contributed by atoms with Crippen LogP contribution in [0.4, 0.5) is 5.69 Å². The number of carboxylic acids is 1. The molecule has 1 amide bonds. The molecule has 0 saturated carbocycles. The van der Waals surface area contributed by atoms with E-state index < -0.39 is 5.97 Å². The Balaban J connectivity index is 1.68. The number of hydrogen-bond donors (Lipinski definition) is 1. The molecule has 1 N–H and O–H groups in total. The van der Waals surface area contributed by atoms with Crippen molar-refractivity contribution in [2.45, 2.75) is 58.0 Å². The van der Waals surface area contributed by atoms with Crippen molar-refractivity contribution in [1.29, 1.82) is 0 Å². The maximum atomic E-state index is 14.0. The topological polar surface area (TPSA) is 84.7 Å². The lowest BCUT2D eigenvalue weighted by atomic mass is 9.81. The number of nitrogens with zero attached hydrogens (tertiary/aromatic N) is 3. The lowest BCUT2D eigenvalue weighted by molar-refractivity contribution is -0.137. The third kappa shape index (κ3) is 5.14. The van der Waals surface area contributed by atoms with Crippen molar-refractivity contribution in [3.63, 3.8) is 0 Å². The predicted octanol–water partition coefficient (Wildman–Crippen LogP) is 4.75. The van der Waals surface area contributed by atoms with Gasteiger partial charge in [-0.05, 0) is 66.1 Å². The van der Waals surface area contributed by atoms with Gasteiger partial charge >= 0.3 is 5.97 Å². The van der Waals surface area contributed by atoms with E-state index in [-0.39, 0.29) is 18.4 Å². The molecule has 1 aliphatic carbocycles. The zero-order chi connectivity index (χ0) is 24.2. The number of ether oxygens (including phenoxy) is 1. The molecular weight excluding hydrogens is 430 g/mol. The molecule has 0 spiro atoms. The molecule has 2 aromatic carbocycles. The number of methoxy groups -OCH3 is 1. The van der Waals surface area contributed by atoms with Crippen LogP contribution < -0.4 is 9.64 Å². The van der Waals surface area contributed by atoms with E-state index in [9.17, 15) is 9.59 Å². The first-order valence-corrected chi connectivity index (χ1v) is 11.7. The van der Waals surface area contributed by atoms with Crippen LogP contribution >= 0.6 is 0 Å². The quantitative estimate of drug-likeness (QED) is 0.523. The molecule has 1 unspecified atom stereocenters. The third-order valence-electron chi connectivity index (χ3n) is 6.43. The average Bonchev–Trinajstić information content (AvgIpc) is 3.27. The Morgan fingerprint density at radius 2 is 1.97 bits per heavy atom. The highest BCUT2D eigenvalue weighted by Gasteiger charge is 2.31. The fraction of sp³-hybridized carbons (Fsp3) is 0.370. The number of carbonyl (C=O) groups is 2. The number of anilines is 1. The van der Waals surface area contributed by atoms with Crippen molar-refractivity contribution in [3.8, 4) is 5.75 Å². The second kappa shape index (κ2) is 10.1. The second-order valence-electron chi connectivity index (χ2n) is 9.12. The molecule has 7 heteroatoms. The minimum atomic E-state index is -0.959. The lowest BCUT2D eigenvalue weighted by Gasteiger charge is -2.31. The summed E-state index contributed by atoms with van der Waals surface area (Å²) in [4.78, 5) is 26.9. The molecule has 0 radical (unpaired) electrons. The van der Waals surface area contributed by atoms with Crippen molar-refractivity contribution >= 4 is 17.6 Å². The molecule has 0 bridgehead atoms. The molecule has 1 aliphatic rings. The number of aromatic nitrogens is 2. The number of hydrogen-bond acceptors (Lipinski definition) is 4. The zero-order valence-electron chi connectivity index (χ0n) is 19.9.